The molecule has 1 aliphatic rings. The van der Waals surface area contributed by atoms with Gasteiger partial charge in [-0.25, -0.2) is 0 Å². The Balaban J connectivity index is 3.40. The molecule has 0 amide bonds. The SMILES string of the molecule is C[SiH](C)C1=CC=CC1(C(C)(C)C)C(C)(C)C. The average Bonchev–Trinajstić information content (AvgIpc) is 2.44. The van der Waals surface area contributed by atoms with Gasteiger partial charge in [0.15, 0.2) is 0 Å². The summed E-state index contributed by atoms with van der Waals surface area (Å²) >= 11 is 0. The second-order valence-corrected chi connectivity index (χ2v) is 10.4. The van der Waals surface area contributed by atoms with Gasteiger partial charge in [0.2, 0.25) is 0 Å². The summed E-state index contributed by atoms with van der Waals surface area (Å²) in [5.41, 5.74) is 0.836. The fourth-order valence-corrected chi connectivity index (χ4v) is 6.03. The molecular weight excluding hydrogens is 208 g/mol. The van der Waals surface area contributed by atoms with Gasteiger partial charge in [-0.15, -0.1) is 0 Å². The summed E-state index contributed by atoms with van der Waals surface area (Å²) in [7, 11) is -0.749. The molecule has 0 aromatic rings. The first-order valence-electron chi connectivity index (χ1n) is 6.44. The van der Waals surface area contributed by atoms with E-state index >= 15 is 0 Å². The summed E-state index contributed by atoms with van der Waals surface area (Å²) in [5, 5.41) is 1.73. The van der Waals surface area contributed by atoms with Crippen LogP contribution in [-0.2, 0) is 0 Å². The van der Waals surface area contributed by atoms with E-state index in [0.29, 0.717) is 10.8 Å². The quantitative estimate of drug-likeness (QED) is 0.584. The molecule has 0 aromatic heterocycles. The first-order valence-corrected chi connectivity index (χ1v) is 9.32. The van der Waals surface area contributed by atoms with Crippen molar-refractivity contribution in [2.75, 3.05) is 0 Å². The Morgan fingerprint density at radius 3 is 1.62 bits per heavy atom. The zero-order valence-electron chi connectivity index (χ0n) is 12.3. The molecule has 0 atom stereocenters. The number of allylic oxidation sites excluding steroid dienone is 4. The first kappa shape index (κ1) is 13.8. The van der Waals surface area contributed by atoms with Gasteiger partial charge in [-0.2, -0.15) is 0 Å². The van der Waals surface area contributed by atoms with Gasteiger partial charge in [0.05, 0.1) is 8.80 Å². The second-order valence-electron chi connectivity index (χ2n) is 7.44. The van der Waals surface area contributed by atoms with E-state index in [4.69, 9.17) is 0 Å². The lowest BCUT2D eigenvalue weighted by molar-refractivity contribution is 0.0640. The Morgan fingerprint density at radius 1 is 0.938 bits per heavy atom. The van der Waals surface area contributed by atoms with Crippen molar-refractivity contribution in [1.82, 2.24) is 0 Å². The van der Waals surface area contributed by atoms with Crippen LogP contribution in [0.25, 0.3) is 0 Å². The minimum Gasteiger partial charge on any atom is -0.0739 e. The molecule has 0 nitrogen and oxygen atoms in total. The summed E-state index contributed by atoms with van der Waals surface area (Å²) in [6, 6.07) is 0. The van der Waals surface area contributed by atoms with E-state index in [0.717, 1.165) is 0 Å². The number of hydrogen-bond donors (Lipinski definition) is 0. The highest BCUT2D eigenvalue weighted by atomic mass is 28.3. The molecule has 0 fully saturated rings. The highest BCUT2D eigenvalue weighted by Gasteiger charge is 2.52. The minimum atomic E-state index is -0.749. The molecular formula is C15H28Si. The van der Waals surface area contributed by atoms with Crippen LogP contribution in [0, 0.1) is 16.2 Å². The van der Waals surface area contributed by atoms with Crippen molar-refractivity contribution in [3.05, 3.63) is 23.4 Å². The van der Waals surface area contributed by atoms with Crippen molar-refractivity contribution < 1.29 is 0 Å². The minimum absolute atomic E-state index is 0.250. The van der Waals surface area contributed by atoms with E-state index in [1.807, 2.05) is 0 Å². The fourth-order valence-electron chi connectivity index (χ4n) is 3.66. The molecule has 0 saturated heterocycles. The molecule has 92 valence electrons. The summed E-state index contributed by atoms with van der Waals surface area (Å²) in [5.74, 6) is 0. The molecule has 0 spiro atoms. The Labute approximate surface area is 103 Å². The monoisotopic (exact) mass is 236 g/mol. The van der Waals surface area contributed by atoms with Crippen LogP contribution in [0.2, 0.25) is 13.1 Å². The highest BCUT2D eigenvalue weighted by molar-refractivity contribution is 6.64. The van der Waals surface area contributed by atoms with Gasteiger partial charge in [0, 0.05) is 5.41 Å². The number of rotatable bonds is 1. The molecule has 0 bridgehead atoms. The van der Waals surface area contributed by atoms with Crippen LogP contribution < -0.4 is 0 Å². The maximum Gasteiger partial charge on any atom is 0.0607 e. The smallest absolute Gasteiger partial charge is 0.0607 e. The maximum atomic E-state index is 2.47. The Morgan fingerprint density at radius 2 is 1.38 bits per heavy atom. The van der Waals surface area contributed by atoms with Gasteiger partial charge in [-0.3, -0.25) is 0 Å². The fraction of sp³-hybridized carbons (Fsp3) is 0.733. The lowest BCUT2D eigenvalue weighted by Gasteiger charge is -2.53. The largest absolute Gasteiger partial charge is 0.0739 e. The molecule has 0 N–H and O–H groups in total. The lowest BCUT2D eigenvalue weighted by Crippen LogP contribution is -2.47. The van der Waals surface area contributed by atoms with E-state index < -0.39 is 8.80 Å². The van der Waals surface area contributed by atoms with Crippen LogP contribution in [0.15, 0.2) is 23.4 Å². The third-order valence-electron chi connectivity index (χ3n) is 4.07. The van der Waals surface area contributed by atoms with Gasteiger partial charge in [-0.1, -0.05) is 78.1 Å². The lowest BCUT2D eigenvalue weighted by atomic mass is 9.54. The zero-order chi connectivity index (χ0) is 12.8. The van der Waals surface area contributed by atoms with Crippen molar-refractivity contribution in [2.45, 2.75) is 54.6 Å². The Bertz CT molecular complexity index is 304. The van der Waals surface area contributed by atoms with E-state index in [-0.39, 0.29) is 5.41 Å². The van der Waals surface area contributed by atoms with E-state index in [1.165, 1.54) is 0 Å². The van der Waals surface area contributed by atoms with Crippen molar-refractivity contribution in [3.8, 4) is 0 Å². The third-order valence-corrected chi connectivity index (χ3v) is 5.96. The van der Waals surface area contributed by atoms with Crippen LogP contribution in [0.3, 0.4) is 0 Å². The second kappa shape index (κ2) is 3.87. The number of hydrogen-bond acceptors (Lipinski definition) is 0. The predicted octanol–water partition coefficient (Wildman–Crippen LogP) is 4.59. The predicted molar refractivity (Wildman–Crippen MR) is 77.4 cm³/mol. The average molecular weight is 236 g/mol. The van der Waals surface area contributed by atoms with Gasteiger partial charge < -0.3 is 0 Å². The molecule has 0 saturated carbocycles. The first-order chi connectivity index (χ1) is 7.04. The van der Waals surface area contributed by atoms with Crippen LogP contribution in [0.1, 0.15) is 41.5 Å². The normalized spacial score (nSPS) is 20.4. The molecule has 16 heavy (non-hydrogen) atoms. The maximum absolute atomic E-state index is 2.47. The van der Waals surface area contributed by atoms with Gasteiger partial charge >= 0.3 is 0 Å². The van der Waals surface area contributed by atoms with Crippen molar-refractivity contribution in [1.29, 1.82) is 0 Å². The van der Waals surface area contributed by atoms with Crippen molar-refractivity contribution in [2.24, 2.45) is 16.2 Å². The molecule has 1 heteroatoms. The van der Waals surface area contributed by atoms with E-state index in [2.05, 4.69) is 72.9 Å². The van der Waals surface area contributed by atoms with Crippen LogP contribution in [0.4, 0.5) is 0 Å². The highest BCUT2D eigenvalue weighted by Crippen LogP contribution is 2.59. The van der Waals surface area contributed by atoms with E-state index in [1.54, 1.807) is 5.20 Å². The van der Waals surface area contributed by atoms with Crippen LogP contribution in [-0.4, -0.2) is 8.80 Å². The molecule has 0 aliphatic heterocycles. The molecule has 0 radical (unpaired) electrons. The molecule has 0 heterocycles. The van der Waals surface area contributed by atoms with Crippen molar-refractivity contribution >= 4 is 8.80 Å². The van der Waals surface area contributed by atoms with Crippen LogP contribution >= 0.6 is 0 Å². The third kappa shape index (κ3) is 1.83. The topological polar surface area (TPSA) is 0 Å². The van der Waals surface area contributed by atoms with Gasteiger partial charge in [-0.05, 0) is 10.8 Å². The van der Waals surface area contributed by atoms with Crippen LogP contribution in [0.5, 0.6) is 0 Å². The van der Waals surface area contributed by atoms with Gasteiger partial charge in [0.25, 0.3) is 0 Å². The molecule has 0 aromatic carbocycles. The van der Waals surface area contributed by atoms with Crippen molar-refractivity contribution in [3.63, 3.8) is 0 Å². The molecule has 0 unspecified atom stereocenters. The molecule has 1 aliphatic carbocycles. The standard InChI is InChI=1S/C15H28Si/c1-13(2,3)15(14(4,5)6)11-9-10-12(15)16(7)8/h9-11,16H,1-8H3. The molecule has 1 rings (SSSR count). The summed E-state index contributed by atoms with van der Waals surface area (Å²) in [6.07, 6.45) is 7.15. The summed E-state index contributed by atoms with van der Waals surface area (Å²) < 4.78 is 0. The van der Waals surface area contributed by atoms with E-state index in [9.17, 15) is 0 Å². The zero-order valence-corrected chi connectivity index (χ0v) is 13.5. The summed E-state index contributed by atoms with van der Waals surface area (Å²) in [4.78, 5) is 0. The Hall–Kier alpha value is -0.303. The summed E-state index contributed by atoms with van der Waals surface area (Å²) in [6.45, 7) is 19.2. The Kier molecular flexibility index (Phi) is 3.33. The van der Waals surface area contributed by atoms with Gasteiger partial charge in [0.1, 0.15) is 0 Å².